The number of unbranched alkanes of at least 4 members (excludes halogenated alkanes) is 2. The van der Waals surface area contributed by atoms with E-state index in [0.717, 1.165) is 57.2 Å². The predicted octanol–water partition coefficient (Wildman–Crippen LogP) is 5.11. The normalized spacial score (nSPS) is 17.7. The fraction of sp³-hybridized carbons (Fsp3) is 0.520. The zero-order valence-corrected chi connectivity index (χ0v) is 18.1. The van der Waals surface area contributed by atoms with E-state index >= 15 is 0 Å². The van der Waals surface area contributed by atoms with Crippen LogP contribution in [0.25, 0.3) is 0 Å². The molecule has 4 rings (SSSR count). The lowest BCUT2D eigenvalue weighted by Crippen LogP contribution is -2.39. The van der Waals surface area contributed by atoms with E-state index in [9.17, 15) is 10.2 Å². The summed E-state index contributed by atoms with van der Waals surface area (Å²) < 4.78 is 11.7. The van der Waals surface area contributed by atoms with E-state index in [0.29, 0.717) is 24.7 Å². The summed E-state index contributed by atoms with van der Waals surface area (Å²) in [6.07, 6.45) is 5.97. The molecule has 2 aromatic carbocycles. The van der Waals surface area contributed by atoms with Crippen molar-refractivity contribution in [1.82, 2.24) is 4.90 Å². The maximum atomic E-state index is 10.5. The van der Waals surface area contributed by atoms with Gasteiger partial charge in [0.05, 0.1) is 13.2 Å². The van der Waals surface area contributed by atoms with Crippen LogP contribution in [-0.2, 0) is 19.4 Å². The first-order valence-electron chi connectivity index (χ1n) is 11.3. The molecule has 0 aromatic heterocycles. The molecule has 0 radical (unpaired) electrons. The number of fused-ring (bicyclic) bond motifs is 4. The Morgan fingerprint density at radius 3 is 2.63 bits per heavy atom. The number of hydrogen-bond donors (Lipinski definition) is 2. The van der Waals surface area contributed by atoms with E-state index in [1.54, 1.807) is 6.07 Å². The molecule has 0 fully saturated rings. The Labute approximate surface area is 179 Å². The van der Waals surface area contributed by atoms with Crippen molar-refractivity contribution < 1.29 is 19.7 Å². The summed E-state index contributed by atoms with van der Waals surface area (Å²) in [5.41, 5.74) is 4.78. The summed E-state index contributed by atoms with van der Waals surface area (Å²) in [4.78, 5) is 2.44. The summed E-state index contributed by atoms with van der Waals surface area (Å²) >= 11 is 0. The summed E-state index contributed by atoms with van der Waals surface area (Å²) in [5.74, 6) is 1.70. The lowest BCUT2D eigenvalue weighted by atomic mass is 9.83. The van der Waals surface area contributed by atoms with Crippen LogP contribution in [0.5, 0.6) is 23.0 Å². The number of phenols is 2. The molecule has 5 nitrogen and oxygen atoms in total. The molecule has 162 valence electrons. The molecule has 2 heterocycles. The number of rotatable bonds is 8. The average molecular weight is 412 g/mol. The molecule has 0 unspecified atom stereocenters. The molecule has 2 aliphatic heterocycles. The third-order valence-corrected chi connectivity index (χ3v) is 6.26. The minimum Gasteiger partial charge on any atom is -0.504 e. The highest BCUT2D eigenvalue weighted by Crippen LogP contribution is 2.45. The number of phenolic OH excluding ortho intramolecular Hbond substituents is 2. The zero-order chi connectivity index (χ0) is 21.1. The molecular formula is C25H33NO4. The van der Waals surface area contributed by atoms with Crippen LogP contribution in [-0.4, -0.2) is 34.9 Å². The van der Waals surface area contributed by atoms with Crippen molar-refractivity contribution in [2.75, 3.05) is 19.8 Å². The van der Waals surface area contributed by atoms with E-state index in [1.807, 2.05) is 18.2 Å². The summed E-state index contributed by atoms with van der Waals surface area (Å²) in [5, 5.41) is 20.9. The van der Waals surface area contributed by atoms with Crippen LogP contribution in [0, 0.1) is 0 Å². The first kappa shape index (κ1) is 20.9. The minimum atomic E-state index is 0.223. The Balaban J connectivity index is 1.59. The van der Waals surface area contributed by atoms with Crippen molar-refractivity contribution in [2.45, 2.75) is 65.0 Å². The van der Waals surface area contributed by atoms with Crippen LogP contribution in [0.15, 0.2) is 24.3 Å². The summed E-state index contributed by atoms with van der Waals surface area (Å²) in [7, 11) is 0. The highest BCUT2D eigenvalue weighted by Gasteiger charge is 2.34. The van der Waals surface area contributed by atoms with E-state index in [4.69, 9.17) is 9.47 Å². The second-order valence-corrected chi connectivity index (χ2v) is 8.41. The van der Waals surface area contributed by atoms with Gasteiger partial charge in [0.15, 0.2) is 23.0 Å². The number of ether oxygens (including phenoxy) is 2. The Kier molecular flexibility index (Phi) is 6.38. The van der Waals surface area contributed by atoms with Gasteiger partial charge in [-0.2, -0.15) is 0 Å². The fourth-order valence-electron chi connectivity index (χ4n) is 4.65. The van der Waals surface area contributed by atoms with Gasteiger partial charge >= 0.3 is 0 Å². The van der Waals surface area contributed by atoms with Gasteiger partial charge in [0.25, 0.3) is 0 Å². The molecule has 5 heteroatoms. The number of aromatic hydroxyl groups is 2. The van der Waals surface area contributed by atoms with Gasteiger partial charge in [0.2, 0.25) is 0 Å². The lowest BCUT2D eigenvalue weighted by molar-refractivity contribution is 0.155. The van der Waals surface area contributed by atoms with Gasteiger partial charge in [0, 0.05) is 24.7 Å². The van der Waals surface area contributed by atoms with Gasteiger partial charge < -0.3 is 19.7 Å². The first-order chi connectivity index (χ1) is 14.6. The van der Waals surface area contributed by atoms with Crippen molar-refractivity contribution >= 4 is 0 Å². The van der Waals surface area contributed by atoms with Gasteiger partial charge in [-0.25, -0.2) is 0 Å². The van der Waals surface area contributed by atoms with Gasteiger partial charge in [-0.3, -0.25) is 4.90 Å². The highest BCUT2D eigenvalue weighted by molar-refractivity contribution is 5.54. The Morgan fingerprint density at radius 2 is 1.83 bits per heavy atom. The molecule has 0 aliphatic carbocycles. The third kappa shape index (κ3) is 4.08. The van der Waals surface area contributed by atoms with Gasteiger partial charge in [-0.15, -0.1) is 0 Å². The van der Waals surface area contributed by atoms with Crippen LogP contribution in [0.2, 0.25) is 0 Å². The van der Waals surface area contributed by atoms with E-state index in [1.165, 1.54) is 16.7 Å². The van der Waals surface area contributed by atoms with Gasteiger partial charge in [-0.1, -0.05) is 32.8 Å². The fourth-order valence-corrected chi connectivity index (χ4v) is 4.65. The molecule has 0 spiro atoms. The van der Waals surface area contributed by atoms with Crippen molar-refractivity contribution in [3.63, 3.8) is 0 Å². The van der Waals surface area contributed by atoms with E-state index < -0.39 is 0 Å². The molecule has 0 amide bonds. The number of hydrogen-bond acceptors (Lipinski definition) is 5. The van der Waals surface area contributed by atoms with Crippen LogP contribution in [0.1, 0.15) is 67.8 Å². The quantitative estimate of drug-likeness (QED) is 0.591. The molecule has 0 bridgehead atoms. The maximum absolute atomic E-state index is 10.5. The SMILES string of the molecule is CCCCCOc1c(O)ccc2c1CN1CCc3cc(OCCC)c(O)cc3[C@@H]1C2. The second kappa shape index (κ2) is 9.17. The average Bonchev–Trinajstić information content (AvgIpc) is 2.75. The molecule has 1 atom stereocenters. The minimum absolute atomic E-state index is 0.223. The first-order valence-corrected chi connectivity index (χ1v) is 11.3. The third-order valence-electron chi connectivity index (χ3n) is 6.26. The van der Waals surface area contributed by atoms with Crippen LogP contribution < -0.4 is 9.47 Å². The van der Waals surface area contributed by atoms with Crippen LogP contribution in [0.3, 0.4) is 0 Å². The highest BCUT2D eigenvalue weighted by atomic mass is 16.5. The molecule has 30 heavy (non-hydrogen) atoms. The lowest BCUT2D eigenvalue weighted by Gasteiger charge is -2.42. The molecule has 2 aromatic rings. The summed E-state index contributed by atoms with van der Waals surface area (Å²) in [6.45, 7) is 7.18. The molecular weight excluding hydrogens is 378 g/mol. The van der Waals surface area contributed by atoms with E-state index in [2.05, 4.69) is 18.7 Å². The molecule has 2 aliphatic rings. The Bertz CT molecular complexity index is 895. The Hall–Kier alpha value is -2.40. The molecule has 0 saturated heterocycles. The largest absolute Gasteiger partial charge is 0.504 e. The van der Waals surface area contributed by atoms with Crippen molar-refractivity contribution in [3.8, 4) is 23.0 Å². The van der Waals surface area contributed by atoms with Crippen LogP contribution >= 0.6 is 0 Å². The number of nitrogens with zero attached hydrogens (tertiary/aromatic N) is 1. The van der Waals surface area contributed by atoms with Crippen LogP contribution in [0.4, 0.5) is 0 Å². The molecule has 2 N–H and O–H groups in total. The van der Waals surface area contributed by atoms with Crippen molar-refractivity contribution in [3.05, 3.63) is 46.5 Å². The van der Waals surface area contributed by atoms with Crippen molar-refractivity contribution in [2.24, 2.45) is 0 Å². The van der Waals surface area contributed by atoms with Gasteiger partial charge in [0.1, 0.15) is 0 Å². The summed E-state index contributed by atoms with van der Waals surface area (Å²) in [6, 6.07) is 7.92. The zero-order valence-electron chi connectivity index (χ0n) is 18.1. The number of benzene rings is 2. The monoisotopic (exact) mass is 411 g/mol. The van der Waals surface area contributed by atoms with Crippen molar-refractivity contribution in [1.29, 1.82) is 0 Å². The van der Waals surface area contributed by atoms with Gasteiger partial charge in [-0.05, 0) is 60.6 Å². The smallest absolute Gasteiger partial charge is 0.165 e. The Morgan fingerprint density at radius 1 is 0.967 bits per heavy atom. The second-order valence-electron chi connectivity index (χ2n) is 8.41. The topological polar surface area (TPSA) is 62.2 Å². The molecule has 0 saturated carbocycles. The predicted molar refractivity (Wildman–Crippen MR) is 118 cm³/mol. The maximum Gasteiger partial charge on any atom is 0.165 e. The van der Waals surface area contributed by atoms with E-state index in [-0.39, 0.29) is 17.5 Å². The standard InChI is InChI=1S/C25H33NO4/c1-3-5-6-12-30-25-20-16-26-10-9-18-14-24(29-11-4-2)23(28)15-19(18)21(26)13-17(20)7-8-22(25)27/h7-8,14-15,21,27-28H,3-6,9-13,16H2,1-2H3/t21-/m0/s1.